The fourth-order valence-electron chi connectivity index (χ4n) is 2.32. The van der Waals surface area contributed by atoms with Gasteiger partial charge in [-0.15, -0.1) is 0 Å². The van der Waals surface area contributed by atoms with Gasteiger partial charge in [0.05, 0.1) is 18.4 Å². The molecule has 0 aliphatic carbocycles. The Morgan fingerprint density at radius 1 is 1.39 bits per heavy atom. The van der Waals surface area contributed by atoms with Crippen molar-refractivity contribution in [3.05, 3.63) is 53.2 Å². The Balaban J connectivity index is 1.95. The molecular formula is C14H14N2O2. The zero-order valence-electron chi connectivity index (χ0n) is 10.1. The first-order valence-electron chi connectivity index (χ1n) is 5.90. The lowest BCUT2D eigenvalue weighted by Crippen LogP contribution is -2.38. The minimum atomic E-state index is -0.272. The maximum Gasteiger partial charge on any atom is 0.335 e. The van der Waals surface area contributed by atoms with Crippen LogP contribution in [0.3, 0.4) is 0 Å². The fourth-order valence-corrected chi connectivity index (χ4v) is 2.32. The van der Waals surface area contributed by atoms with Gasteiger partial charge in [-0.1, -0.05) is 30.3 Å². The molecule has 4 heteroatoms. The molecule has 1 N–H and O–H groups in total. The van der Waals surface area contributed by atoms with Gasteiger partial charge in [0.25, 0.3) is 0 Å². The summed E-state index contributed by atoms with van der Waals surface area (Å²) < 4.78 is 4.75. The molecule has 0 fully saturated rings. The molecule has 0 unspecified atom stereocenters. The number of rotatable bonds is 1. The third-order valence-electron chi connectivity index (χ3n) is 3.24. The van der Waals surface area contributed by atoms with Crippen LogP contribution in [-0.2, 0) is 16.1 Å². The third kappa shape index (κ3) is 1.71. The van der Waals surface area contributed by atoms with Crippen LogP contribution in [0.25, 0.3) is 5.70 Å². The lowest BCUT2D eigenvalue weighted by atomic mass is 9.98. The van der Waals surface area contributed by atoms with Gasteiger partial charge in [0.2, 0.25) is 0 Å². The van der Waals surface area contributed by atoms with Crippen molar-refractivity contribution in [2.75, 3.05) is 7.11 Å². The van der Waals surface area contributed by atoms with E-state index in [-0.39, 0.29) is 5.97 Å². The molecule has 18 heavy (non-hydrogen) atoms. The number of esters is 1. The van der Waals surface area contributed by atoms with E-state index in [0.29, 0.717) is 12.0 Å². The molecule has 0 radical (unpaired) electrons. The summed E-state index contributed by atoms with van der Waals surface area (Å²) in [4.78, 5) is 11.5. The zero-order valence-corrected chi connectivity index (χ0v) is 10.1. The molecule has 92 valence electrons. The number of carbonyl (C=O) groups excluding carboxylic acids is 1. The van der Waals surface area contributed by atoms with Crippen LogP contribution in [0.15, 0.2) is 42.1 Å². The van der Waals surface area contributed by atoms with Crippen molar-refractivity contribution < 1.29 is 9.53 Å². The second kappa shape index (κ2) is 4.31. The Morgan fingerprint density at radius 2 is 2.22 bits per heavy atom. The van der Waals surface area contributed by atoms with Crippen LogP contribution < -0.4 is 5.43 Å². The van der Waals surface area contributed by atoms with Gasteiger partial charge in [-0.2, -0.15) is 0 Å². The highest BCUT2D eigenvalue weighted by molar-refractivity contribution is 5.90. The normalized spacial score (nSPS) is 17.3. The number of benzene rings is 1. The van der Waals surface area contributed by atoms with Crippen LogP contribution in [0.1, 0.15) is 17.5 Å². The maximum absolute atomic E-state index is 11.5. The quantitative estimate of drug-likeness (QED) is 0.763. The third-order valence-corrected chi connectivity index (χ3v) is 3.24. The van der Waals surface area contributed by atoms with E-state index in [1.165, 1.54) is 18.2 Å². The minimum absolute atomic E-state index is 0.272. The van der Waals surface area contributed by atoms with Crippen LogP contribution >= 0.6 is 0 Å². The van der Waals surface area contributed by atoms with Crippen molar-refractivity contribution in [3.63, 3.8) is 0 Å². The van der Waals surface area contributed by atoms with Crippen LogP contribution in [0.2, 0.25) is 0 Å². The molecule has 0 aromatic heterocycles. The summed E-state index contributed by atoms with van der Waals surface area (Å²) >= 11 is 0. The molecule has 0 saturated heterocycles. The lowest BCUT2D eigenvalue weighted by Gasteiger charge is -2.34. The molecule has 0 amide bonds. The number of hydrogen-bond acceptors (Lipinski definition) is 4. The van der Waals surface area contributed by atoms with Crippen molar-refractivity contribution in [3.8, 4) is 0 Å². The maximum atomic E-state index is 11.5. The number of allylic oxidation sites excluding steroid dienone is 1. The van der Waals surface area contributed by atoms with Gasteiger partial charge in [0.15, 0.2) is 0 Å². The second-order valence-corrected chi connectivity index (χ2v) is 4.30. The summed E-state index contributed by atoms with van der Waals surface area (Å²) in [6.45, 7) is 0.762. The van der Waals surface area contributed by atoms with Gasteiger partial charge in [0.1, 0.15) is 0 Å². The SMILES string of the molecule is COC(=O)C1=CN2NCc3ccccc3C2=CC1. The summed E-state index contributed by atoms with van der Waals surface area (Å²) in [6.07, 6.45) is 4.48. The molecule has 0 atom stereocenters. The predicted octanol–water partition coefficient (Wildman–Crippen LogP) is 1.81. The lowest BCUT2D eigenvalue weighted by molar-refractivity contribution is -0.136. The highest BCUT2D eigenvalue weighted by Gasteiger charge is 2.24. The zero-order chi connectivity index (χ0) is 12.5. The minimum Gasteiger partial charge on any atom is -0.466 e. The Labute approximate surface area is 106 Å². The van der Waals surface area contributed by atoms with Gasteiger partial charge in [-0.25, -0.2) is 10.2 Å². The monoisotopic (exact) mass is 242 g/mol. The Hall–Kier alpha value is -2.07. The van der Waals surface area contributed by atoms with Crippen LogP contribution in [-0.4, -0.2) is 18.1 Å². The average molecular weight is 242 g/mol. The van der Waals surface area contributed by atoms with Crippen molar-refractivity contribution >= 4 is 11.7 Å². The van der Waals surface area contributed by atoms with E-state index < -0.39 is 0 Å². The molecule has 1 aromatic carbocycles. The number of carbonyl (C=O) groups is 1. The van der Waals surface area contributed by atoms with E-state index in [1.54, 1.807) is 0 Å². The number of fused-ring (bicyclic) bond motifs is 3. The second-order valence-electron chi connectivity index (χ2n) is 4.30. The largest absolute Gasteiger partial charge is 0.466 e. The number of nitrogens with one attached hydrogen (secondary N) is 1. The van der Waals surface area contributed by atoms with Crippen LogP contribution in [0.5, 0.6) is 0 Å². The molecule has 2 aliphatic heterocycles. The summed E-state index contributed by atoms with van der Waals surface area (Å²) in [7, 11) is 1.40. The summed E-state index contributed by atoms with van der Waals surface area (Å²) in [5, 5.41) is 1.90. The predicted molar refractivity (Wildman–Crippen MR) is 67.8 cm³/mol. The molecule has 2 heterocycles. The molecular weight excluding hydrogens is 228 g/mol. The first-order chi connectivity index (χ1) is 8.79. The fraction of sp³-hybridized carbons (Fsp3) is 0.214. The number of nitrogens with zero attached hydrogens (tertiary/aromatic N) is 1. The Kier molecular flexibility index (Phi) is 2.64. The molecule has 4 nitrogen and oxygen atoms in total. The smallest absolute Gasteiger partial charge is 0.335 e. The first-order valence-corrected chi connectivity index (χ1v) is 5.90. The molecule has 2 aliphatic rings. The number of ether oxygens (including phenoxy) is 1. The highest BCUT2D eigenvalue weighted by Crippen LogP contribution is 2.31. The Bertz CT molecular complexity index is 561. The molecule has 1 aromatic rings. The number of hydrogen-bond donors (Lipinski definition) is 1. The summed E-state index contributed by atoms with van der Waals surface area (Å²) in [6, 6.07) is 8.28. The van der Waals surface area contributed by atoms with Crippen molar-refractivity contribution in [1.29, 1.82) is 0 Å². The summed E-state index contributed by atoms with van der Waals surface area (Å²) in [5.41, 5.74) is 7.52. The van der Waals surface area contributed by atoms with E-state index >= 15 is 0 Å². The standard InChI is InChI=1S/C14H14N2O2/c1-18-14(17)11-6-7-13-12-5-3-2-4-10(12)8-15-16(13)9-11/h2-5,7,9,15H,6,8H2,1H3. The molecule has 0 bridgehead atoms. The van der Waals surface area contributed by atoms with Gasteiger partial charge in [-0.05, 0) is 5.56 Å². The van der Waals surface area contributed by atoms with Crippen molar-refractivity contribution in [2.24, 2.45) is 0 Å². The highest BCUT2D eigenvalue weighted by atomic mass is 16.5. The van der Waals surface area contributed by atoms with E-state index in [2.05, 4.69) is 23.6 Å². The van der Waals surface area contributed by atoms with E-state index in [1.807, 2.05) is 23.3 Å². The Morgan fingerprint density at radius 3 is 3.06 bits per heavy atom. The first kappa shape index (κ1) is 11.0. The van der Waals surface area contributed by atoms with E-state index in [0.717, 1.165) is 12.2 Å². The number of methoxy groups -OCH3 is 1. The van der Waals surface area contributed by atoms with Crippen LogP contribution in [0.4, 0.5) is 0 Å². The van der Waals surface area contributed by atoms with E-state index in [9.17, 15) is 4.79 Å². The van der Waals surface area contributed by atoms with Gasteiger partial charge in [-0.3, -0.25) is 5.01 Å². The van der Waals surface area contributed by atoms with Crippen molar-refractivity contribution in [2.45, 2.75) is 13.0 Å². The molecule has 0 saturated carbocycles. The molecule has 3 rings (SSSR count). The number of hydrazine groups is 1. The van der Waals surface area contributed by atoms with Gasteiger partial charge < -0.3 is 4.74 Å². The molecule has 0 spiro atoms. The van der Waals surface area contributed by atoms with Gasteiger partial charge in [0, 0.05) is 24.7 Å². The van der Waals surface area contributed by atoms with E-state index in [4.69, 9.17) is 4.74 Å². The average Bonchev–Trinajstić information content (AvgIpc) is 2.45. The van der Waals surface area contributed by atoms with Crippen molar-refractivity contribution in [1.82, 2.24) is 10.4 Å². The summed E-state index contributed by atoms with van der Waals surface area (Å²) in [5.74, 6) is -0.272. The topological polar surface area (TPSA) is 41.6 Å². The van der Waals surface area contributed by atoms with Gasteiger partial charge >= 0.3 is 5.97 Å². The van der Waals surface area contributed by atoms with Crippen LogP contribution in [0, 0.1) is 0 Å².